The van der Waals surface area contributed by atoms with Gasteiger partial charge in [-0.15, -0.1) is 0 Å². The molecule has 0 aliphatic heterocycles. The second-order valence-electron chi connectivity index (χ2n) is 7.41. The number of imidazole rings is 1. The fourth-order valence-corrected chi connectivity index (χ4v) is 3.82. The lowest BCUT2D eigenvalue weighted by Crippen LogP contribution is -2.41. The molecule has 122 valence electrons. The molecule has 1 amide bonds. The summed E-state index contributed by atoms with van der Waals surface area (Å²) in [4.78, 5) is 17.1. The largest absolute Gasteiger partial charge is 0.354 e. The second kappa shape index (κ2) is 6.43. The van der Waals surface area contributed by atoms with Crippen LogP contribution in [-0.2, 0) is 11.3 Å². The van der Waals surface area contributed by atoms with E-state index in [9.17, 15) is 4.79 Å². The molecule has 0 spiro atoms. The van der Waals surface area contributed by atoms with Crippen molar-refractivity contribution in [3.8, 4) is 0 Å². The van der Waals surface area contributed by atoms with Crippen molar-refractivity contribution in [2.24, 2.45) is 5.41 Å². The van der Waals surface area contributed by atoms with E-state index in [0.29, 0.717) is 12.5 Å². The van der Waals surface area contributed by atoms with E-state index in [-0.39, 0.29) is 11.3 Å². The second-order valence-corrected chi connectivity index (χ2v) is 7.41. The highest BCUT2D eigenvalue weighted by atomic mass is 16.2. The van der Waals surface area contributed by atoms with Crippen molar-refractivity contribution in [2.75, 3.05) is 6.54 Å². The third-order valence-corrected chi connectivity index (χ3v) is 5.68. The van der Waals surface area contributed by atoms with Gasteiger partial charge < -0.3 is 9.88 Å². The number of carbonyl (C=O) groups is 1. The summed E-state index contributed by atoms with van der Waals surface area (Å²) >= 11 is 0. The predicted molar refractivity (Wildman–Crippen MR) is 87.8 cm³/mol. The van der Waals surface area contributed by atoms with Gasteiger partial charge in [-0.2, -0.15) is 0 Å². The first-order valence-corrected chi connectivity index (χ1v) is 8.90. The van der Waals surface area contributed by atoms with Gasteiger partial charge in [0, 0.05) is 36.3 Å². The van der Waals surface area contributed by atoms with Gasteiger partial charge in [0.15, 0.2) is 0 Å². The molecule has 0 radical (unpaired) electrons. The van der Waals surface area contributed by atoms with Crippen LogP contribution in [0.25, 0.3) is 0 Å². The van der Waals surface area contributed by atoms with Crippen LogP contribution in [0.4, 0.5) is 0 Å². The molecule has 0 bridgehead atoms. The lowest BCUT2D eigenvalue weighted by Gasteiger charge is -2.32. The Morgan fingerprint density at radius 1 is 1.32 bits per heavy atom. The number of aromatic nitrogens is 2. The molecule has 0 atom stereocenters. The molecule has 2 aliphatic rings. The predicted octanol–water partition coefficient (Wildman–Crippen LogP) is 3.55. The van der Waals surface area contributed by atoms with Gasteiger partial charge in [0.1, 0.15) is 5.82 Å². The molecule has 2 aliphatic carbocycles. The number of hydrogen-bond acceptors (Lipinski definition) is 2. The minimum Gasteiger partial charge on any atom is -0.354 e. The van der Waals surface area contributed by atoms with E-state index >= 15 is 0 Å². The quantitative estimate of drug-likeness (QED) is 0.904. The van der Waals surface area contributed by atoms with Crippen molar-refractivity contribution in [1.82, 2.24) is 14.9 Å². The van der Waals surface area contributed by atoms with Gasteiger partial charge in [0.25, 0.3) is 0 Å². The zero-order chi connectivity index (χ0) is 15.6. The SMILES string of the molecule is Cc1cnc(C2CCC2)n1CCNC(=O)C1(C)CCCCC1. The first-order valence-electron chi connectivity index (χ1n) is 8.90. The Bertz CT molecular complexity index is 524. The van der Waals surface area contributed by atoms with Crippen LogP contribution >= 0.6 is 0 Å². The van der Waals surface area contributed by atoms with Crippen molar-refractivity contribution in [3.63, 3.8) is 0 Å². The molecule has 4 nitrogen and oxygen atoms in total. The van der Waals surface area contributed by atoms with Crippen molar-refractivity contribution in [3.05, 3.63) is 17.7 Å². The first-order chi connectivity index (χ1) is 10.6. The van der Waals surface area contributed by atoms with Crippen LogP contribution in [-0.4, -0.2) is 22.0 Å². The summed E-state index contributed by atoms with van der Waals surface area (Å²) in [6.45, 7) is 5.80. The topological polar surface area (TPSA) is 46.9 Å². The van der Waals surface area contributed by atoms with Gasteiger partial charge in [-0.3, -0.25) is 4.79 Å². The molecule has 0 aromatic carbocycles. The molecule has 2 fully saturated rings. The highest BCUT2D eigenvalue weighted by Gasteiger charge is 2.34. The minimum atomic E-state index is -0.140. The lowest BCUT2D eigenvalue weighted by atomic mass is 9.75. The van der Waals surface area contributed by atoms with E-state index in [1.807, 2.05) is 6.20 Å². The number of aryl methyl sites for hydroxylation is 1. The van der Waals surface area contributed by atoms with E-state index in [4.69, 9.17) is 0 Å². The van der Waals surface area contributed by atoms with Crippen LogP contribution in [0, 0.1) is 12.3 Å². The molecular weight excluding hydrogens is 274 g/mol. The first kappa shape index (κ1) is 15.6. The molecule has 0 saturated heterocycles. The van der Waals surface area contributed by atoms with Crippen LogP contribution in [0.2, 0.25) is 0 Å². The minimum absolute atomic E-state index is 0.140. The number of amides is 1. The zero-order valence-electron chi connectivity index (χ0n) is 14.0. The van der Waals surface area contributed by atoms with Crippen LogP contribution in [0.5, 0.6) is 0 Å². The van der Waals surface area contributed by atoms with Crippen molar-refractivity contribution < 1.29 is 4.79 Å². The maximum atomic E-state index is 12.5. The molecule has 22 heavy (non-hydrogen) atoms. The molecule has 2 saturated carbocycles. The van der Waals surface area contributed by atoms with Crippen LogP contribution < -0.4 is 5.32 Å². The molecule has 3 rings (SSSR count). The Kier molecular flexibility index (Phi) is 4.55. The van der Waals surface area contributed by atoms with E-state index in [1.165, 1.54) is 50.0 Å². The summed E-state index contributed by atoms with van der Waals surface area (Å²) in [6, 6.07) is 0. The maximum Gasteiger partial charge on any atom is 0.225 e. The third kappa shape index (κ3) is 3.06. The fourth-order valence-electron chi connectivity index (χ4n) is 3.82. The van der Waals surface area contributed by atoms with E-state index in [0.717, 1.165) is 19.4 Å². The lowest BCUT2D eigenvalue weighted by molar-refractivity contribution is -0.131. The summed E-state index contributed by atoms with van der Waals surface area (Å²) in [5.74, 6) is 2.11. The van der Waals surface area contributed by atoms with Gasteiger partial charge in [0.2, 0.25) is 5.91 Å². The Labute approximate surface area is 133 Å². The Morgan fingerprint density at radius 3 is 2.68 bits per heavy atom. The average molecular weight is 303 g/mol. The van der Waals surface area contributed by atoms with Crippen LogP contribution in [0.1, 0.15) is 75.7 Å². The number of hydrogen-bond donors (Lipinski definition) is 1. The van der Waals surface area contributed by atoms with Crippen molar-refractivity contribution in [1.29, 1.82) is 0 Å². The summed E-state index contributed by atoms with van der Waals surface area (Å²) in [7, 11) is 0. The highest BCUT2D eigenvalue weighted by molar-refractivity contribution is 5.82. The van der Waals surface area contributed by atoms with Gasteiger partial charge in [-0.1, -0.05) is 32.6 Å². The zero-order valence-corrected chi connectivity index (χ0v) is 14.0. The molecule has 1 aromatic heterocycles. The standard InChI is InChI=1S/C18H29N3O/c1-14-13-20-16(15-7-6-8-15)21(14)12-11-19-17(22)18(2)9-4-3-5-10-18/h13,15H,3-12H2,1-2H3,(H,19,22). The maximum absolute atomic E-state index is 12.5. The van der Waals surface area contributed by atoms with Gasteiger partial charge in [-0.25, -0.2) is 4.98 Å². The fraction of sp³-hybridized carbons (Fsp3) is 0.778. The Balaban J connectivity index is 1.54. The molecule has 1 aromatic rings. The summed E-state index contributed by atoms with van der Waals surface area (Å²) in [6.07, 6.45) is 11.6. The van der Waals surface area contributed by atoms with E-state index in [2.05, 4.69) is 28.7 Å². The van der Waals surface area contributed by atoms with Gasteiger partial charge in [-0.05, 0) is 32.6 Å². The molecule has 1 N–H and O–H groups in total. The number of nitrogens with one attached hydrogen (secondary N) is 1. The van der Waals surface area contributed by atoms with E-state index in [1.54, 1.807) is 0 Å². The Hall–Kier alpha value is -1.32. The average Bonchev–Trinajstić information content (AvgIpc) is 2.79. The number of rotatable bonds is 5. The van der Waals surface area contributed by atoms with Crippen molar-refractivity contribution in [2.45, 2.75) is 77.7 Å². The highest BCUT2D eigenvalue weighted by Crippen LogP contribution is 2.36. The number of nitrogens with zero attached hydrogens (tertiary/aromatic N) is 2. The Morgan fingerprint density at radius 2 is 2.05 bits per heavy atom. The smallest absolute Gasteiger partial charge is 0.225 e. The molecule has 0 unspecified atom stereocenters. The third-order valence-electron chi connectivity index (χ3n) is 5.68. The normalized spacial score (nSPS) is 21.4. The van der Waals surface area contributed by atoms with Gasteiger partial charge in [0.05, 0.1) is 0 Å². The van der Waals surface area contributed by atoms with Crippen LogP contribution in [0.15, 0.2) is 6.20 Å². The van der Waals surface area contributed by atoms with E-state index < -0.39 is 0 Å². The summed E-state index contributed by atoms with van der Waals surface area (Å²) in [5, 5.41) is 3.17. The van der Waals surface area contributed by atoms with Crippen LogP contribution in [0.3, 0.4) is 0 Å². The summed E-state index contributed by atoms with van der Waals surface area (Å²) in [5.41, 5.74) is 1.07. The van der Waals surface area contributed by atoms with Gasteiger partial charge >= 0.3 is 0 Å². The monoisotopic (exact) mass is 303 g/mol. The summed E-state index contributed by atoms with van der Waals surface area (Å²) < 4.78 is 2.30. The molecule has 1 heterocycles. The molecular formula is C18H29N3O. The van der Waals surface area contributed by atoms with Crippen molar-refractivity contribution >= 4 is 5.91 Å². The number of carbonyl (C=O) groups excluding carboxylic acids is 1. The molecule has 4 heteroatoms.